The molecule has 0 bridgehead atoms. The lowest BCUT2D eigenvalue weighted by atomic mass is 10.1. The molecule has 1 N–H and O–H groups in total. The zero-order valence-electron chi connectivity index (χ0n) is 15.3. The number of imidazole rings is 1. The molecular weight excluding hydrogens is 316 g/mol. The number of hydrogen-bond acceptors (Lipinski definition) is 4. The Balaban J connectivity index is 1.84. The fourth-order valence-electron chi connectivity index (χ4n) is 2.96. The van der Waals surface area contributed by atoms with E-state index >= 15 is 0 Å². The van der Waals surface area contributed by atoms with Gasteiger partial charge in [-0.15, -0.1) is 0 Å². The van der Waals surface area contributed by atoms with Crippen LogP contribution in [-0.2, 0) is 4.74 Å². The normalized spacial score (nSPS) is 19.0. The summed E-state index contributed by atoms with van der Waals surface area (Å²) in [6.45, 7) is 7.82. The number of aromatic amines is 1. The number of ether oxygens (including phenoxy) is 1. The van der Waals surface area contributed by atoms with Crippen LogP contribution in [0.15, 0.2) is 36.5 Å². The van der Waals surface area contributed by atoms with E-state index in [4.69, 9.17) is 4.74 Å². The monoisotopic (exact) mass is 342 g/mol. The van der Waals surface area contributed by atoms with E-state index in [-0.39, 0.29) is 12.1 Å². The molecule has 1 saturated heterocycles. The molecule has 1 aliphatic rings. The van der Waals surface area contributed by atoms with Crippen molar-refractivity contribution < 1.29 is 9.53 Å². The second-order valence-corrected chi connectivity index (χ2v) is 7.50. The Morgan fingerprint density at radius 1 is 1.24 bits per heavy atom. The summed E-state index contributed by atoms with van der Waals surface area (Å²) in [7, 11) is 2.06. The quantitative estimate of drug-likeness (QED) is 0.910. The third-order valence-corrected chi connectivity index (χ3v) is 4.21. The van der Waals surface area contributed by atoms with Gasteiger partial charge in [0.25, 0.3) is 0 Å². The SMILES string of the molecule is CN1CCN(C(=O)OC(C)(C)C)C(c2ncc(-c3ccccc3)[nH]2)C1. The van der Waals surface area contributed by atoms with Crippen LogP contribution in [0, 0.1) is 0 Å². The molecular formula is C19H26N4O2. The van der Waals surface area contributed by atoms with Gasteiger partial charge in [-0.2, -0.15) is 0 Å². The maximum Gasteiger partial charge on any atom is 0.411 e. The average Bonchev–Trinajstić information content (AvgIpc) is 3.04. The number of piperazine rings is 1. The Morgan fingerprint density at radius 2 is 1.96 bits per heavy atom. The second-order valence-electron chi connectivity index (χ2n) is 7.50. The highest BCUT2D eigenvalue weighted by Crippen LogP contribution is 2.27. The van der Waals surface area contributed by atoms with Gasteiger partial charge in [0, 0.05) is 19.6 Å². The van der Waals surface area contributed by atoms with E-state index in [1.54, 1.807) is 4.90 Å². The van der Waals surface area contributed by atoms with Crippen LogP contribution in [0.2, 0.25) is 0 Å². The van der Waals surface area contributed by atoms with E-state index < -0.39 is 5.60 Å². The smallest absolute Gasteiger partial charge is 0.411 e. The molecule has 0 aliphatic carbocycles. The fraction of sp³-hybridized carbons (Fsp3) is 0.474. The minimum Gasteiger partial charge on any atom is -0.444 e. The third kappa shape index (κ3) is 4.20. The van der Waals surface area contributed by atoms with Gasteiger partial charge < -0.3 is 14.6 Å². The van der Waals surface area contributed by atoms with E-state index in [0.717, 1.165) is 30.2 Å². The molecule has 1 fully saturated rings. The minimum absolute atomic E-state index is 0.147. The summed E-state index contributed by atoms with van der Waals surface area (Å²) in [5.41, 5.74) is 1.52. The van der Waals surface area contributed by atoms with E-state index in [0.29, 0.717) is 6.54 Å². The van der Waals surface area contributed by atoms with Crippen molar-refractivity contribution in [1.82, 2.24) is 19.8 Å². The van der Waals surface area contributed by atoms with Crippen molar-refractivity contribution in [2.24, 2.45) is 0 Å². The van der Waals surface area contributed by atoms with Gasteiger partial charge in [-0.1, -0.05) is 30.3 Å². The molecule has 1 aromatic heterocycles. The number of amides is 1. The molecule has 0 saturated carbocycles. The number of carbonyl (C=O) groups excluding carboxylic acids is 1. The Morgan fingerprint density at radius 3 is 2.64 bits per heavy atom. The van der Waals surface area contributed by atoms with Crippen molar-refractivity contribution in [1.29, 1.82) is 0 Å². The van der Waals surface area contributed by atoms with E-state index in [1.165, 1.54) is 0 Å². The number of nitrogens with one attached hydrogen (secondary N) is 1. The number of carbonyl (C=O) groups is 1. The van der Waals surface area contributed by atoms with Gasteiger partial charge in [0.15, 0.2) is 0 Å². The molecule has 134 valence electrons. The summed E-state index contributed by atoms with van der Waals surface area (Å²) in [4.78, 5) is 24.5. The van der Waals surface area contributed by atoms with E-state index in [2.05, 4.69) is 21.9 Å². The summed E-state index contributed by atoms with van der Waals surface area (Å²) in [6.07, 6.45) is 1.54. The van der Waals surface area contributed by atoms with Crippen LogP contribution in [0.3, 0.4) is 0 Å². The number of rotatable bonds is 2. The lowest BCUT2D eigenvalue weighted by Crippen LogP contribution is -2.50. The molecule has 1 amide bonds. The Bertz CT molecular complexity index is 721. The summed E-state index contributed by atoms with van der Waals surface area (Å²) < 4.78 is 5.58. The first-order chi connectivity index (χ1) is 11.8. The van der Waals surface area contributed by atoms with Crippen LogP contribution < -0.4 is 0 Å². The topological polar surface area (TPSA) is 61.5 Å². The summed E-state index contributed by atoms with van der Waals surface area (Å²) in [5, 5.41) is 0. The fourth-order valence-corrected chi connectivity index (χ4v) is 2.96. The number of aromatic nitrogens is 2. The predicted molar refractivity (Wildman–Crippen MR) is 97.2 cm³/mol. The van der Waals surface area contributed by atoms with Gasteiger partial charge in [0.1, 0.15) is 17.5 Å². The van der Waals surface area contributed by atoms with Crippen molar-refractivity contribution in [3.63, 3.8) is 0 Å². The zero-order chi connectivity index (χ0) is 18.0. The number of nitrogens with zero attached hydrogens (tertiary/aromatic N) is 3. The van der Waals surface area contributed by atoms with Gasteiger partial charge in [0.2, 0.25) is 0 Å². The molecule has 2 aromatic rings. The van der Waals surface area contributed by atoms with Crippen LogP contribution in [-0.4, -0.2) is 58.1 Å². The number of H-pyrrole nitrogens is 1. The number of hydrogen-bond donors (Lipinski definition) is 1. The Kier molecular flexibility index (Phi) is 4.81. The average molecular weight is 342 g/mol. The summed E-state index contributed by atoms with van der Waals surface area (Å²) in [5.74, 6) is 0.788. The molecule has 0 radical (unpaired) electrons. The van der Waals surface area contributed by atoms with Crippen molar-refractivity contribution in [3.8, 4) is 11.3 Å². The highest BCUT2D eigenvalue weighted by atomic mass is 16.6. The first-order valence-electron chi connectivity index (χ1n) is 8.62. The largest absolute Gasteiger partial charge is 0.444 e. The molecule has 1 aliphatic heterocycles. The molecule has 1 unspecified atom stereocenters. The minimum atomic E-state index is -0.511. The van der Waals surface area contributed by atoms with Gasteiger partial charge in [-0.05, 0) is 33.4 Å². The maximum atomic E-state index is 12.6. The summed E-state index contributed by atoms with van der Waals surface area (Å²) >= 11 is 0. The van der Waals surface area contributed by atoms with Gasteiger partial charge in [-0.25, -0.2) is 9.78 Å². The molecule has 1 atom stereocenters. The molecule has 6 nitrogen and oxygen atoms in total. The first-order valence-corrected chi connectivity index (χ1v) is 8.62. The van der Waals surface area contributed by atoms with Crippen molar-refractivity contribution in [2.45, 2.75) is 32.4 Å². The second kappa shape index (κ2) is 6.88. The summed E-state index contributed by atoms with van der Waals surface area (Å²) in [6, 6.07) is 9.91. The number of likely N-dealkylation sites (N-methyl/N-ethyl adjacent to an activating group) is 1. The first kappa shape index (κ1) is 17.5. The van der Waals surface area contributed by atoms with Gasteiger partial charge in [-0.3, -0.25) is 4.90 Å². The van der Waals surface area contributed by atoms with Crippen LogP contribution in [0.4, 0.5) is 4.79 Å². The Hall–Kier alpha value is -2.34. The molecule has 6 heteroatoms. The van der Waals surface area contributed by atoms with Crippen molar-refractivity contribution in [2.75, 3.05) is 26.7 Å². The molecule has 1 aromatic carbocycles. The van der Waals surface area contributed by atoms with Gasteiger partial charge in [0.05, 0.1) is 11.9 Å². The molecule has 3 rings (SSSR count). The molecule has 25 heavy (non-hydrogen) atoms. The van der Waals surface area contributed by atoms with E-state index in [9.17, 15) is 4.79 Å². The lowest BCUT2D eigenvalue weighted by Gasteiger charge is -2.39. The third-order valence-electron chi connectivity index (χ3n) is 4.21. The van der Waals surface area contributed by atoms with Gasteiger partial charge >= 0.3 is 6.09 Å². The highest BCUT2D eigenvalue weighted by molar-refractivity contribution is 5.69. The van der Waals surface area contributed by atoms with Crippen LogP contribution >= 0.6 is 0 Å². The molecule has 0 spiro atoms. The maximum absolute atomic E-state index is 12.6. The zero-order valence-corrected chi connectivity index (χ0v) is 15.3. The van der Waals surface area contributed by atoms with Crippen LogP contribution in [0.1, 0.15) is 32.6 Å². The van der Waals surface area contributed by atoms with E-state index in [1.807, 2.05) is 57.3 Å². The molecule has 2 heterocycles. The lowest BCUT2D eigenvalue weighted by molar-refractivity contribution is -0.000146. The Labute approximate surface area is 148 Å². The van der Waals surface area contributed by atoms with Crippen molar-refractivity contribution >= 4 is 6.09 Å². The van der Waals surface area contributed by atoms with Crippen LogP contribution in [0.5, 0.6) is 0 Å². The number of benzene rings is 1. The highest BCUT2D eigenvalue weighted by Gasteiger charge is 2.34. The predicted octanol–water partition coefficient (Wildman–Crippen LogP) is 3.30. The van der Waals surface area contributed by atoms with Crippen LogP contribution in [0.25, 0.3) is 11.3 Å². The standard InChI is InChI=1S/C19H26N4O2/c1-19(2,3)25-18(24)23-11-10-22(4)13-16(23)17-20-12-15(21-17)14-8-6-5-7-9-14/h5-9,12,16H,10-11,13H2,1-4H3,(H,20,21). The van der Waals surface area contributed by atoms with Crippen molar-refractivity contribution in [3.05, 3.63) is 42.4 Å².